The molecule has 0 aliphatic carbocycles. The van der Waals surface area contributed by atoms with Gasteiger partial charge in [-0.05, 0) is 29.8 Å². The maximum absolute atomic E-state index is 13.2. The van der Waals surface area contributed by atoms with Crippen molar-refractivity contribution in [1.29, 1.82) is 0 Å². The second-order valence-electron chi connectivity index (χ2n) is 7.15. The number of hydrogen-bond acceptors (Lipinski definition) is 7. The number of thiazole rings is 1. The first-order valence-electron chi connectivity index (χ1n) is 9.79. The number of ketones is 1. The van der Waals surface area contributed by atoms with Gasteiger partial charge in [-0.3, -0.25) is 19.5 Å². The van der Waals surface area contributed by atoms with Gasteiger partial charge < -0.3 is 9.84 Å². The maximum atomic E-state index is 13.2. The molecule has 0 radical (unpaired) electrons. The van der Waals surface area contributed by atoms with Crippen molar-refractivity contribution in [2.45, 2.75) is 6.04 Å². The van der Waals surface area contributed by atoms with Crippen LogP contribution in [0.2, 0.25) is 0 Å². The van der Waals surface area contributed by atoms with E-state index in [-0.39, 0.29) is 11.3 Å². The summed E-state index contributed by atoms with van der Waals surface area (Å²) >= 11 is 1.27. The summed E-state index contributed by atoms with van der Waals surface area (Å²) in [4.78, 5) is 36.4. The number of anilines is 1. The molecule has 1 aliphatic heterocycles. The Hall–Kier alpha value is -4.04. The topological polar surface area (TPSA) is 92.6 Å². The number of pyridine rings is 1. The van der Waals surface area contributed by atoms with Crippen LogP contribution in [0.3, 0.4) is 0 Å². The zero-order valence-electron chi connectivity index (χ0n) is 16.9. The standard InChI is InChI=1S/C24H17N3O4S/c1-31-16-9-10-17-18(12-16)32-24(26-17)27-20(15-8-5-11-25-13-15)19(22(29)23(27)30)21(28)14-6-3-2-4-7-14/h2-13,20,28H,1H3/b21-19+. The number of fused-ring (bicyclic) bond motifs is 1. The number of rotatable bonds is 4. The molecule has 0 bridgehead atoms. The number of aliphatic hydroxyl groups excluding tert-OH is 1. The molecule has 1 atom stereocenters. The van der Waals surface area contributed by atoms with Gasteiger partial charge >= 0.3 is 5.91 Å². The Morgan fingerprint density at radius 1 is 1.09 bits per heavy atom. The molecule has 4 aromatic rings. The second kappa shape index (κ2) is 7.90. The summed E-state index contributed by atoms with van der Waals surface area (Å²) in [6.07, 6.45) is 3.19. The van der Waals surface area contributed by atoms with Crippen molar-refractivity contribution in [1.82, 2.24) is 9.97 Å². The van der Waals surface area contributed by atoms with Crippen LogP contribution in [-0.2, 0) is 9.59 Å². The van der Waals surface area contributed by atoms with Crippen molar-refractivity contribution >= 4 is 44.1 Å². The molecule has 1 N–H and O–H groups in total. The van der Waals surface area contributed by atoms with Gasteiger partial charge in [-0.15, -0.1) is 0 Å². The first kappa shape index (κ1) is 19.9. The minimum Gasteiger partial charge on any atom is -0.507 e. The molecule has 158 valence electrons. The van der Waals surface area contributed by atoms with E-state index in [4.69, 9.17) is 4.74 Å². The van der Waals surface area contributed by atoms with E-state index in [1.807, 2.05) is 12.1 Å². The fourth-order valence-electron chi connectivity index (χ4n) is 3.76. The number of methoxy groups -OCH3 is 1. The Balaban J connectivity index is 1.71. The van der Waals surface area contributed by atoms with Crippen LogP contribution in [0.25, 0.3) is 16.0 Å². The third-order valence-electron chi connectivity index (χ3n) is 5.28. The molecule has 1 unspecified atom stereocenters. The first-order chi connectivity index (χ1) is 15.6. The molecule has 2 aromatic heterocycles. The number of nitrogens with zero attached hydrogens (tertiary/aromatic N) is 3. The molecule has 32 heavy (non-hydrogen) atoms. The number of aromatic nitrogens is 2. The summed E-state index contributed by atoms with van der Waals surface area (Å²) in [5.74, 6) is -1.08. The molecule has 7 nitrogen and oxygen atoms in total. The molecule has 5 rings (SSSR count). The molecule has 1 amide bonds. The summed E-state index contributed by atoms with van der Waals surface area (Å²) in [7, 11) is 1.58. The minimum absolute atomic E-state index is 0.00559. The summed E-state index contributed by atoms with van der Waals surface area (Å²) in [5.41, 5.74) is 1.74. The van der Waals surface area contributed by atoms with E-state index in [1.165, 1.54) is 16.2 Å². The van der Waals surface area contributed by atoms with Gasteiger partial charge in [0.05, 0.1) is 28.9 Å². The number of aliphatic hydroxyl groups is 1. The Morgan fingerprint density at radius 3 is 2.62 bits per heavy atom. The van der Waals surface area contributed by atoms with Gasteiger partial charge in [0.25, 0.3) is 5.78 Å². The highest BCUT2D eigenvalue weighted by Crippen LogP contribution is 2.44. The SMILES string of the molecule is COc1ccc2nc(N3C(=O)C(=O)/C(=C(/O)c4ccccc4)C3c3cccnc3)sc2c1. The van der Waals surface area contributed by atoms with Crippen molar-refractivity contribution < 1.29 is 19.4 Å². The number of amides is 1. The lowest BCUT2D eigenvalue weighted by atomic mass is 9.96. The molecule has 1 fully saturated rings. The fraction of sp³-hybridized carbons (Fsp3) is 0.0833. The largest absolute Gasteiger partial charge is 0.507 e. The Bertz CT molecular complexity index is 1370. The molecule has 2 aromatic carbocycles. The maximum Gasteiger partial charge on any atom is 0.301 e. The molecular formula is C24H17N3O4S. The number of benzene rings is 2. The van der Waals surface area contributed by atoms with E-state index in [9.17, 15) is 14.7 Å². The lowest BCUT2D eigenvalue weighted by Gasteiger charge is -2.22. The quantitative estimate of drug-likeness (QED) is 0.287. The van der Waals surface area contributed by atoms with Crippen LogP contribution >= 0.6 is 11.3 Å². The molecule has 3 heterocycles. The highest BCUT2D eigenvalue weighted by molar-refractivity contribution is 7.22. The van der Waals surface area contributed by atoms with Gasteiger partial charge in [0.1, 0.15) is 11.5 Å². The number of carbonyl (C=O) groups excluding carboxylic acids is 2. The van der Waals surface area contributed by atoms with Crippen LogP contribution in [0.4, 0.5) is 5.13 Å². The van der Waals surface area contributed by atoms with Crippen LogP contribution in [0.15, 0.2) is 78.6 Å². The zero-order chi connectivity index (χ0) is 22.2. The average Bonchev–Trinajstić information content (AvgIpc) is 3.37. The summed E-state index contributed by atoms with van der Waals surface area (Å²) in [5, 5.41) is 11.4. The lowest BCUT2D eigenvalue weighted by Crippen LogP contribution is -2.29. The second-order valence-corrected chi connectivity index (χ2v) is 8.16. The van der Waals surface area contributed by atoms with Crippen molar-refractivity contribution in [3.8, 4) is 5.75 Å². The van der Waals surface area contributed by atoms with E-state index < -0.39 is 17.7 Å². The number of Topliss-reactive ketones (excluding diaryl/α,β-unsaturated/α-hetero) is 1. The van der Waals surface area contributed by atoms with Crippen molar-refractivity contribution in [3.63, 3.8) is 0 Å². The van der Waals surface area contributed by atoms with Gasteiger partial charge in [-0.2, -0.15) is 0 Å². The fourth-order valence-corrected chi connectivity index (χ4v) is 4.78. The number of carbonyl (C=O) groups is 2. The van der Waals surface area contributed by atoms with E-state index in [0.717, 1.165) is 4.70 Å². The Kier molecular flexibility index (Phi) is 4.91. The van der Waals surface area contributed by atoms with Crippen LogP contribution in [0.5, 0.6) is 5.75 Å². The highest BCUT2D eigenvalue weighted by atomic mass is 32.1. The number of ether oxygens (including phenoxy) is 1. The summed E-state index contributed by atoms with van der Waals surface area (Å²) in [6.45, 7) is 0. The van der Waals surface area contributed by atoms with Crippen molar-refractivity contribution in [2.75, 3.05) is 12.0 Å². The predicted molar refractivity (Wildman–Crippen MR) is 122 cm³/mol. The lowest BCUT2D eigenvalue weighted by molar-refractivity contribution is -0.132. The van der Waals surface area contributed by atoms with Crippen LogP contribution < -0.4 is 9.64 Å². The van der Waals surface area contributed by atoms with Gasteiger partial charge in [0, 0.05) is 18.0 Å². The summed E-state index contributed by atoms with van der Waals surface area (Å²) < 4.78 is 6.09. The van der Waals surface area contributed by atoms with Gasteiger partial charge in [0.15, 0.2) is 5.13 Å². The van der Waals surface area contributed by atoms with E-state index in [2.05, 4.69) is 9.97 Å². The molecule has 8 heteroatoms. The third-order valence-corrected chi connectivity index (χ3v) is 6.30. The third kappa shape index (κ3) is 3.21. The van der Waals surface area contributed by atoms with E-state index >= 15 is 0 Å². The molecular weight excluding hydrogens is 426 g/mol. The molecule has 0 saturated carbocycles. The van der Waals surface area contributed by atoms with Crippen LogP contribution in [0.1, 0.15) is 17.2 Å². The highest BCUT2D eigenvalue weighted by Gasteiger charge is 2.48. The van der Waals surface area contributed by atoms with Crippen molar-refractivity contribution in [2.24, 2.45) is 0 Å². The van der Waals surface area contributed by atoms with Gasteiger partial charge in [-0.25, -0.2) is 4.98 Å². The van der Waals surface area contributed by atoms with Crippen LogP contribution in [-0.4, -0.2) is 33.9 Å². The average molecular weight is 443 g/mol. The normalized spacial score (nSPS) is 17.8. The van der Waals surface area contributed by atoms with E-state index in [0.29, 0.717) is 27.5 Å². The Morgan fingerprint density at radius 2 is 1.91 bits per heavy atom. The smallest absolute Gasteiger partial charge is 0.301 e. The monoisotopic (exact) mass is 443 g/mol. The minimum atomic E-state index is -0.855. The molecule has 1 saturated heterocycles. The zero-order valence-corrected chi connectivity index (χ0v) is 17.7. The summed E-state index contributed by atoms with van der Waals surface area (Å²) in [6, 6.07) is 16.7. The van der Waals surface area contributed by atoms with Crippen LogP contribution in [0, 0.1) is 0 Å². The van der Waals surface area contributed by atoms with Crippen molar-refractivity contribution in [3.05, 3.63) is 89.8 Å². The Labute approximate surface area is 187 Å². The molecule has 0 spiro atoms. The predicted octanol–water partition coefficient (Wildman–Crippen LogP) is 4.33. The van der Waals surface area contributed by atoms with Gasteiger partial charge in [0.2, 0.25) is 0 Å². The van der Waals surface area contributed by atoms with Gasteiger partial charge in [-0.1, -0.05) is 47.7 Å². The van der Waals surface area contributed by atoms with E-state index in [1.54, 1.807) is 68.0 Å². The number of hydrogen-bond donors (Lipinski definition) is 1. The molecule has 1 aliphatic rings. The first-order valence-corrected chi connectivity index (χ1v) is 10.6.